The van der Waals surface area contributed by atoms with Crippen LogP contribution in [-0.4, -0.2) is 23.9 Å². The van der Waals surface area contributed by atoms with Gasteiger partial charge in [0.05, 0.1) is 0 Å². The first kappa shape index (κ1) is 14.1. The minimum atomic E-state index is -0.304. The second kappa shape index (κ2) is 7.34. The SMILES string of the molecule is N#C/C(=C/N1CCCCC1)C(=O)NCc1ccccc1. The number of rotatable bonds is 4. The van der Waals surface area contributed by atoms with E-state index >= 15 is 0 Å². The minimum absolute atomic E-state index is 0.183. The van der Waals surface area contributed by atoms with E-state index in [0.29, 0.717) is 6.54 Å². The molecule has 0 bridgehead atoms. The van der Waals surface area contributed by atoms with Gasteiger partial charge >= 0.3 is 0 Å². The zero-order chi connectivity index (χ0) is 14.2. The monoisotopic (exact) mass is 269 g/mol. The number of hydrogen-bond acceptors (Lipinski definition) is 3. The molecular weight excluding hydrogens is 250 g/mol. The van der Waals surface area contributed by atoms with E-state index in [1.165, 1.54) is 6.42 Å². The van der Waals surface area contributed by atoms with Crippen molar-refractivity contribution in [2.75, 3.05) is 13.1 Å². The second-order valence-corrected chi connectivity index (χ2v) is 4.92. The summed E-state index contributed by atoms with van der Waals surface area (Å²) in [6.07, 6.45) is 5.17. The van der Waals surface area contributed by atoms with E-state index in [1.807, 2.05) is 36.4 Å². The van der Waals surface area contributed by atoms with Gasteiger partial charge in [-0.25, -0.2) is 0 Å². The van der Waals surface area contributed by atoms with Crippen LogP contribution in [0.15, 0.2) is 42.1 Å². The standard InChI is InChI=1S/C16H19N3O/c17-11-15(13-19-9-5-2-6-10-19)16(20)18-12-14-7-3-1-4-8-14/h1,3-4,7-8,13H,2,5-6,9-10,12H2,(H,18,20)/b15-13-. The third-order valence-corrected chi connectivity index (χ3v) is 3.36. The van der Waals surface area contributed by atoms with Gasteiger partial charge in [-0.2, -0.15) is 5.26 Å². The molecule has 0 saturated carbocycles. The quantitative estimate of drug-likeness (QED) is 0.673. The highest BCUT2D eigenvalue weighted by Crippen LogP contribution is 2.10. The number of benzene rings is 1. The summed E-state index contributed by atoms with van der Waals surface area (Å²) in [7, 11) is 0. The summed E-state index contributed by atoms with van der Waals surface area (Å²) in [5.41, 5.74) is 1.21. The van der Waals surface area contributed by atoms with Crippen molar-refractivity contribution in [2.24, 2.45) is 0 Å². The zero-order valence-corrected chi connectivity index (χ0v) is 11.5. The number of nitrogens with one attached hydrogen (secondary N) is 1. The van der Waals surface area contributed by atoms with Crippen LogP contribution < -0.4 is 5.32 Å². The number of piperidine rings is 1. The third kappa shape index (κ3) is 4.13. The molecule has 2 rings (SSSR count). The molecule has 0 unspecified atom stereocenters. The van der Waals surface area contributed by atoms with Gasteiger partial charge in [0.1, 0.15) is 11.6 Å². The molecule has 0 spiro atoms. The van der Waals surface area contributed by atoms with Crippen LogP contribution in [0.4, 0.5) is 0 Å². The Morgan fingerprint density at radius 1 is 1.25 bits per heavy atom. The molecule has 1 aromatic rings. The zero-order valence-electron chi connectivity index (χ0n) is 11.5. The molecule has 0 radical (unpaired) electrons. The van der Waals surface area contributed by atoms with Crippen molar-refractivity contribution >= 4 is 5.91 Å². The van der Waals surface area contributed by atoms with Crippen molar-refractivity contribution in [3.05, 3.63) is 47.7 Å². The molecule has 1 aliphatic heterocycles. The summed E-state index contributed by atoms with van der Waals surface area (Å²) in [6.45, 7) is 2.30. The Morgan fingerprint density at radius 2 is 1.95 bits per heavy atom. The number of nitriles is 1. The predicted molar refractivity (Wildman–Crippen MR) is 77.4 cm³/mol. The van der Waals surface area contributed by atoms with E-state index in [4.69, 9.17) is 5.26 Å². The topological polar surface area (TPSA) is 56.1 Å². The molecule has 1 saturated heterocycles. The molecule has 1 amide bonds. The molecule has 4 heteroatoms. The van der Waals surface area contributed by atoms with E-state index in [1.54, 1.807) is 6.20 Å². The number of nitrogens with zero attached hydrogens (tertiary/aromatic N) is 2. The van der Waals surface area contributed by atoms with Crippen molar-refractivity contribution < 1.29 is 4.79 Å². The Labute approximate surface area is 119 Å². The summed E-state index contributed by atoms with van der Waals surface area (Å²) in [5, 5.41) is 11.9. The Balaban J connectivity index is 1.92. The fourth-order valence-corrected chi connectivity index (χ4v) is 2.24. The highest BCUT2D eigenvalue weighted by molar-refractivity contribution is 5.97. The lowest BCUT2D eigenvalue weighted by atomic mass is 10.1. The first-order valence-corrected chi connectivity index (χ1v) is 6.97. The van der Waals surface area contributed by atoms with Crippen molar-refractivity contribution in [3.63, 3.8) is 0 Å². The van der Waals surface area contributed by atoms with Gasteiger partial charge in [0.2, 0.25) is 0 Å². The molecule has 104 valence electrons. The van der Waals surface area contributed by atoms with Crippen LogP contribution >= 0.6 is 0 Å². The second-order valence-electron chi connectivity index (χ2n) is 4.92. The number of amides is 1. The summed E-state index contributed by atoms with van der Waals surface area (Å²) in [6, 6.07) is 11.7. The average Bonchev–Trinajstić information content (AvgIpc) is 2.52. The molecule has 0 aliphatic carbocycles. The molecule has 0 aromatic heterocycles. The predicted octanol–water partition coefficient (Wildman–Crippen LogP) is 2.20. The average molecular weight is 269 g/mol. The Bertz CT molecular complexity index is 510. The molecule has 4 nitrogen and oxygen atoms in total. The van der Waals surface area contributed by atoms with Gasteiger partial charge in [-0.15, -0.1) is 0 Å². The molecule has 1 aromatic carbocycles. The number of hydrogen-bond donors (Lipinski definition) is 1. The summed E-state index contributed by atoms with van der Waals surface area (Å²) < 4.78 is 0. The highest BCUT2D eigenvalue weighted by atomic mass is 16.1. The smallest absolute Gasteiger partial charge is 0.263 e. The van der Waals surface area contributed by atoms with Gasteiger partial charge in [-0.1, -0.05) is 30.3 Å². The highest BCUT2D eigenvalue weighted by Gasteiger charge is 2.12. The number of carbonyl (C=O) groups is 1. The van der Waals surface area contributed by atoms with E-state index in [9.17, 15) is 4.79 Å². The third-order valence-electron chi connectivity index (χ3n) is 3.36. The summed E-state index contributed by atoms with van der Waals surface area (Å²) in [4.78, 5) is 14.1. The first-order valence-electron chi connectivity index (χ1n) is 6.97. The molecule has 1 aliphatic rings. The maximum atomic E-state index is 12.0. The van der Waals surface area contributed by atoms with Crippen LogP contribution in [0.1, 0.15) is 24.8 Å². The number of carbonyl (C=O) groups excluding carboxylic acids is 1. The Hall–Kier alpha value is -2.28. The van der Waals surface area contributed by atoms with E-state index in [-0.39, 0.29) is 11.5 Å². The van der Waals surface area contributed by atoms with Crippen LogP contribution in [-0.2, 0) is 11.3 Å². The lowest BCUT2D eigenvalue weighted by Crippen LogP contribution is -2.29. The molecule has 1 N–H and O–H groups in total. The van der Waals surface area contributed by atoms with Crippen molar-refractivity contribution in [1.29, 1.82) is 5.26 Å². The minimum Gasteiger partial charge on any atom is -0.376 e. The maximum absolute atomic E-state index is 12.0. The summed E-state index contributed by atoms with van der Waals surface area (Å²) in [5.74, 6) is -0.304. The fourth-order valence-electron chi connectivity index (χ4n) is 2.24. The lowest BCUT2D eigenvalue weighted by molar-refractivity contribution is -0.117. The molecule has 20 heavy (non-hydrogen) atoms. The van der Waals surface area contributed by atoms with Crippen molar-refractivity contribution in [1.82, 2.24) is 10.2 Å². The summed E-state index contributed by atoms with van der Waals surface area (Å²) >= 11 is 0. The van der Waals surface area contributed by atoms with Gasteiger partial charge in [-0.3, -0.25) is 4.79 Å². The van der Waals surface area contributed by atoms with Crippen LogP contribution in [0.3, 0.4) is 0 Å². The Kier molecular flexibility index (Phi) is 5.19. The van der Waals surface area contributed by atoms with E-state index in [2.05, 4.69) is 10.2 Å². The molecule has 1 fully saturated rings. The fraction of sp³-hybridized carbons (Fsp3) is 0.375. The van der Waals surface area contributed by atoms with Gasteiger partial charge in [0, 0.05) is 25.8 Å². The maximum Gasteiger partial charge on any atom is 0.263 e. The van der Waals surface area contributed by atoms with Gasteiger partial charge < -0.3 is 10.2 Å². The molecule has 0 atom stereocenters. The largest absolute Gasteiger partial charge is 0.376 e. The van der Waals surface area contributed by atoms with Crippen LogP contribution in [0.5, 0.6) is 0 Å². The van der Waals surface area contributed by atoms with Crippen LogP contribution in [0.25, 0.3) is 0 Å². The van der Waals surface area contributed by atoms with Gasteiger partial charge in [-0.05, 0) is 24.8 Å². The normalized spacial score (nSPS) is 15.6. The molecular formula is C16H19N3O. The van der Waals surface area contributed by atoms with Crippen molar-refractivity contribution in [3.8, 4) is 6.07 Å². The lowest BCUT2D eigenvalue weighted by Gasteiger charge is -2.25. The van der Waals surface area contributed by atoms with Crippen LogP contribution in [0.2, 0.25) is 0 Å². The molecule has 1 heterocycles. The van der Waals surface area contributed by atoms with Crippen molar-refractivity contribution in [2.45, 2.75) is 25.8 Å². The van der Waals surface area contributed by atoms with E-state index in [0.717, 1.165) is 31.5 Å². The van der Waals surface area contributed by atoms with Gasteiger partial charge in [0.25, 0.3) is 5.91 Å². The van der Waals surface area contributed by atoms with Crippen LogP contribution in [0, 0.1) is 11.3 Å². The Morgan fingerprint density at radius 3 is 2.60 bits per heavy atom. The van der Waals surface area contributed by atoms with E-state index < -0.39 is 0 Å². The van der Waals surface area contributed by atoms with Gasteiger partial charge in [0.15, 0.2) is 0 Å². The number of likely N-dealkylation sites (tertiary alicyclic amines) is 1. The first-order chi connectivity index (χ1) is 9.79.